The highest BCUT2D eigenvalue weighted by Gasteiger charge is 2.24. The largest absolute Gasteiger partial charge is 0.336 e. The second kappa shape index (κ2) is 5.22. The summed E-state index contributed by atoms with van der Waals surface area (Å²) in [6.07, 6.45) is 1.38. The van der Waals surface area contributed by atoms with Crippen molar-refractivity contribution in [2.24, 2.45) is 0 Å². The minimum absolute atomic E-state index is 0.00183. The molecule has 0 aliphatic carbocycles. The van der Waals surface area contributed by atoms with E-state index in [1.165, 1.54) is 0 Å². The van der Waals surface area contributed by atoms with Crippen LogP contribution in [0.4, 0.5) is 4.79 Å². The van der Waals surface area contributed by atoms with Gasteiger partial charge in [-0.05, 0) is 12.8 Å². The molecule has 0 bridgehead atoms. The van der Waals surface area contributed by atoms with Gasteiger partial charge in [0.1, 0.15) is 9.84 Å². The summed E-state index contributed by atoms with van der Waals surface area (Å²) < 4.78 is 22.5. The van der Waals surface area contributed by atoms with Crippen molar-refractivity contribution in [3.63, 3.8) is 0 Å². The fourth-order valence-corrected chi connectivity index (χ4v) is 3.71. The van der Waals surface area contributed by atoms with Crippen LogP contribution in [0.5, 0.6) is 0 Å². The summed E-state index contributed by atoms with van der Waals surface area (Å²) in [6.45, 7) is 2.91. The van der Waals surface area contributed by atoms with E-state index in [4.69, 9.17) is 0 Å². The molecule has 17 heavy (non-hydrogen) atoms. The van der Waals surface area contributed by atoms with Crippen LogP contribution >= 0.6 is 0 Å². The molecule has 2 aliphatic heterocycles. The number of sulfone groups is 1. The lowest BCUT2D eigenvalue weighted by Crippen LogP contribution is -2.42. The number of carbonyl (C=O) groups is 1. The normalized spacial score (nSPS) is 24.9. The van der Waals surface area contributed by atoms with Gasteiger partial charge in [-0.3, -0.25) is 0 Å². The van der Waals surface area contributed by atoms with Gasteiger partial charge in [-0.25, -0.2) is 13.2 Å². The van der Waals surface area contributed by atoms with E-state index in [1.807, 2.05) is 0 Å². The Labute approximate surface area is 102 Å². The highest BCUT2D eigenvalue weighted by Crippen LogP contribution is 2.11. The zero-order valence-electron chi connectivity index (χ0n) is 9.81. The number of hydrogen-bond donors (Lipinski definition) is 2. The van der Waals surface area contributed by atoms with E-state index in [2.05, 4.69) is 10.6 Å². The highest BCUT2D eigenvalue weighted by atomic mass is 32.2. The van der Waals surface area contributed by atoms with Crippen LogP contribution in [0.15, 0.2) is 0 Å². The zero-order chi connectivity index (χ0) is 12.3. The molecule has 7 heteroatoms. The predicted molar refractivity (Wildman–Crippen MR) is 64.7 cm³/mol. The summed E-state index contributed by atoms with van der Waals surface area (Å²) in [5.74, 6) is 0.573. The maximum absolute atomic E-state index is 11.2. The van der Waals surface area contributed by atoms with E-state index in [-0.39, 0.29) is 23.6 Å². The lowest BCUT2D eigenvalue weighted by molar-refractivity contribution is 0.216. The molecule has 0 saturated carbocycles. The van der Waals surface area contributed by atoms with E-state index < -0.39 is 9.84 Å². The Balaban J connectivity index is 1.64. The van der Waals surface area contributed by atoms with Crippen molar-refractivity contribution in [1.29, 1.82) is 0 Å². The number of urea groups is 1. The first-order valence-electron chi connectivity index (χ1n) is 6.03. The van der Waals surface area contributed by atoms with Gasteiger partial charge < -0.3 is 15.5 Å². The van der Waals surface area contributed by atoms with Gasteiger partial charge in [0.25, 0.3) is 0 Å². The van der Waals surface area contributed by atoms with Gasteiger partial charge in [0.05, 0.1) is 11.5 Å². The Morgan fingerprint density at radius 2 is 2.06 bits per heavy atom. The third-order valence-electron chi connectivity index (χ3n) is 3.31. The van der Waals surface area contributed by atoms with Gasteiger partial charge in [0.15, 0.2) is 0 Å². The molecule has 2 amide bonds. The average Bonchev–Trinajstić information content (AvgIpc) is 2.67. The first-order chi connectivity index (χ1) is 8.07. The fourth-order valence-electron chi connectivity index (χ4n) is 2.22. The van der Waals surface area contributed by atoms with Crippen molar-refractivity contribution in [3.05, 3.63) is 0 Å². The Bertz CT molecular complexity index is 368. The molecule has 2 aliphatic rings. The van der Waals surface area contributed by atoms with Crippen LogP contribution in [0.2, 0.25) is 0 Å². The molecule has 0 aromatic rings. The summed E-state index contributed by atoms with van der Waals surface area (Å²) in [5.41, 5.74) is 0. The Morgan fingerprint density at radius 1 is 1.35 bits per heavy atom. The average molecular weight is 261 g/mol. The molecule has 6 nitrogen and oxygen atoms in total. The number of rotatable bonds is 4. The first kappa shape index (κ1) is 12.6. The van der Waals surface area contributed by atoms with Crippen LogP contribution in [-0.4, -0.2) is 63.1 Å². The van der Waals surface area contributed by atoms with Gasteiger partial charge >= 0.3 is 6.03 Å². The Kier molecular flexibility index (Phi) is 3.88. The summed E-state index contributed by atoms with van der Waals surface area (Å²) >= 11 is 0. The summed E-state index contributed by atoms with van der Waals surface area (Å²) in [6, 6.07) is 0.280. The van der Waals surface area contributed by atoms with Gasteiger partial charge in [-0.2, -0.15) is 0 Å². The standard InChI is InChI=1S/C10H19N3O3S/c14-10-12-4-6-13(10)5-3-11-9-1-7-17(15,16)8-2-9/h9,11H,1-8H2,(H,12,14). The molecule has 0 radical (unpaired) electrons. The van der Waals surface area contributed by atoms with Crippen LogP contribution in [-0.2, 0) is 9.84 Å². The van der Waals surface area contributed by atoms with Crippen LogP contribution in [0, 0.1) is 0 Å². The molecular formula is C10H19N3O3S. The summed E-state index contributed by atoms with van der Waals surface area (Å²) in [7, 11) is -2.78. The number of hydrogen-bond acceptors (Lipinski definition) is 4. The molecular weight excluding hydrogens is 242 g/mol. The fraction of sp³-hybridized carbons (Fsp3) is 0.900. The van der Waals surface area contributed by atoms with Crippen LogP contribution < -0.4 is 10.6 Å². The summed E-state index contributed by atoms with van der Waals surface area (Å²) in [4.78, 5) is 13.0. The second-order valence-electron chi connectivity index (χ2n) is 4.60. The number of amides is 2. The molecule has 0 aromatic heterocycles. The van der Waals surface area contributed by atoms with E-state index >= 15 is 0 Å². The minimum atomic E-state index is -2.78. The number of carbonyl (C=O) groups excluding carboxylic acids is 1. The Morgan fingerprint density at radius 3 is 2.65 bits per heavy atom. The van der Waals surface area contributed by atoms with E-state index in [9.17, 15) is 13.2 Å². The molecule has 0 spiro atoms. The lowest BCUT2D eigenvalue weighted by atomic mass is 10.1. The smallest absolute Gasteiger partial charge is 0.317 e. The van der Waals surface area contributed by atoms with Crippen molar-refractivity contribution in [3.8, 4) is 0 Å². The zero-order valence-corrected chi connectivity index (χ0v) is 10.6. The van der Waals surface area contributed by atoms with E-state index in [0.717, 1.165) is 19.6 Å². The molecule has 2 saturated heterocycles. The number of nitrogens with zero attached hydrogens (tertiary/aromatic N) is 1. The molecule has 0 unspecified atom stereocenters. The molecule has 98 valence electrons. The topological polar surface area (TPSA) is 78.5 Å². The lowest BCUT2D eigenvalue weighted by Gasteiger charge is -2.24. The molecule has 2 rings (SSSR count). The monoisotopic (exact) mass is 261 g/mol. The summed E-state index contributed by atoms with van der Waals surface area (Å²) in [5, 5.41) is 6.07. The second-order valence-corrected chi connectivity index (χ2v) is 6.90. The third-order valence-corrected chi connectivity index (χ3v) is 5.03. The molecule has 2 N–H and O–H groups in total. The van der Waals surface area contributed by atoms with Crippen molar-refractivity contribution in [2.45, 2.75) is 18.9 Å². The van der Waals surface area contributed by atoms with Gasteiger partial charge in [-0.15, -0.1) is 0 Å². The van der Waals surface area contributed by atoms with Gasteiger partial charge in [-0.1, -0.05) is 0 Å². The SMILES string of the molecule is O=C1NCCN1CCNC1CCS(=O)(=O)CC1. The molecule has 0 atom stereocenters. The van der Waals surface area contributed by atoms with Crippen LogP contribution in [0.1, 0.15) is 12.8 Å². The van der Waals surface area contributed by atoms with Crippen molar-refractivity contribution in [2.75, 3.05) is 37.7 Å². The predicted octanol–water partition coefficient (Wildman–Crippen LogP) is -0.822. The van der Waals surface area contributed by atoms with Gasteiger partial charge in [0, 0.05) is 32.2 Å². The maximum Gasteiger partial charge on any atom is 0.317 e. The quantitative estimate of drug-likeness (QED) is 0.693. The first-order valence-corrected chi connectivity index (χ1v) is 7.85. The number of nitrogens with one attached hydrogen (secondary N) is 2. The van der Waals surface area contributed by atoms with Crippen LogP contribution in [0.25, 0.3) is 0 Å². The van der Waals surface area contributed by atoms with Crippen molar-refractivity contribution >= 4 is 15.9 Å². The van der Waals surface area contributed by atoms with Crippen molar-refractivity contribution < 1.29 is 13.2 Å². The molecule has 0 aromatic carbocycles. The maximum atomic E-state index is 11.2. The minimum Gasteiger partial charge on any atom is -0.336 e. The molecule has 2 fully saturated rings. The van der Waals surface area contributed by atoms with Crippen molar-refractivity contribution in [1.82, 2.24) is 15.5 Å². The van der Waals surface area contributed by atoms with E-state index in [1.54, 1.807) is 4.90 Å². The highest BCUT2D eigenvalue weighted by molar-refractivity contribution is 7.91. The molecule has 2 heterocycles. The third kappa shape index (κ3) is 3.57. The Hall–Kier alpha value is -0.820. The van der Waals surface area contributed by atoms with E-state index in [0.29, 0.717) is 19.4 Å². The van der Waals surface area contributed by atoms with Crippen LogP contribution in [0.3, 0.4) is 0 Å². The van der Waals surface area contributed by atoms with Gasteiger partial charge in [0.2, 0.25) is 0 Å².